The zero-order chi connectivity index (χ0) is 27.3. The first-order valence-electron chi connectivity index (χ1n) is 12.1. The molecule has 1 atom stereocenters. The second kappa shape index (κ2) is 9.85. The van der Waals surface area contributed by atoms with Crippen molar-refractivity contribution in [1.29, 1.82) is 0 Å². The van der Waals surface area contributed by atoms with Crippen molar-refractivity contribution in [2.45, 2.75) is 32.7 Å². The second-order valence-electron chi connectivity index (χ2n) is 9.55. The summed E-state index contributed by atoms with van der Waals surface area (Å²) in [5.41, 5.74) is 4.40. The summed E-state index contributed by atoms with van der Waals surface area (Å²) in [6.07, 6.45) is 1.61. The third kappa shape index (κ3) is 4.23. The number of ether oxygens (including phenoxy) is 1. The van der Waals surface area contributed by atoms with Crippen LogP contribution in [0.15, 0.2) is 59.5 Å². The van der Waals surface area contributed by atoms with Gasteiger partial charge in [-0.05, 0) is 54.3 Å². The van der Waals surface area contributed by atoms with Gasteiger partial charge in [-0.25, -0.2) is 9.48 Å². The number of nitrogens with one attached hydrogen (secondary N) is 1. The predicted molar refractivity (Wildman–Crippen MR) is 150 cm³/mol. The van der Waals surface area contributed by atoms with Crippen LogP contribution in [-0.4, -0.2) is 27.5 Å². The van der Waals surface area contributed by atoms with Crippen LogP contribution in [0.2, 0.25) is 10.0 Å². The normalized spacial score (nSPS) is 15.0. The zero-order valence-corrected chi connectivity index (χ0v) is 23.1. The maximum atomic E-state index is 13.8. The van der Waals surface area contributed by atoms with Gasteiger partial charge in [0.1, 0.15) is 16.5 Å². The highest BCUT2D eigenvalue weighted by atomic mass is 35.5. The lowest BCUT2D eigenvalue weighted by Crippen LogP contribution is -2.44. The first-order valence-corrected chi connectivity index (χ1v) is 12.9. The van der Waals surface area contributed by atoms with Gasteiger partial charge in [-0.1, -0.05) is 55.2 Å². The lowest BCUT2D eigenvalue weighted by Gasteiger charge is -2.37. The summed E-state index contributed by atoms with van der Waals surface area (Å²) in [6.45, 7) is 6.12. The molecular weight excluding hydrogens is 525 g/mol. The number of nitrogens with zero attached hydrogens (tertiary/aromatic N) is 4. The predicted octanol–water partition coefficient (Wildman–Crippen LogP) is 6.46. The van der Waals surface area contributed by atoms with Crippen LogP contribution in [0.25, 0.3) is 5.69 Å². The molecule has 8 nitrogen and oxygen atoms in total. The Morgan fingerprint density at radius 1 is 1.08 bits per heavy atom. The Balaban J connectivity index is 1.85. The number of halogens is 2. The summed E-state index contributed by atoms with van der Waals surface area (Å²) in [7, 11) is 3.22. The SMILES string of the molecule is COc1ccccc1-n1nc2c(c1C(C)C)C(c1ccc(Cl)cc1C)N(c1cc(Cl)c(=O)n(C)c1)C(=O)N2. The Hall–Kier alpha value is -3.75. The fraction of sp³-hybridized carbons (Fsp3) is 0.250. The molecule has 1 aliphatic heterocycles. The van der Waals surface area contributed by atoms with Gasteiger partial charge >= 0.3 is 6.03 Å². The quantitative estimate of drug-likeness (QED) is 0.308. The second-order valence-corrected chi connectivity index (χ2v) is 10.4. The molecule has 1 aliphatic rings. The largest absolute Gasteiger partial charge is 0.494 e. The third-order valence-corrected chi connectivity index (χ3v) is 7.23. The monoisotopic (exact) mass is 551 g/mol. The number of fused-ring (bicyclic) bond motifs is 1. The van der Waals surface area contributed by atoms with Crippen LogP contribution in [0.5, 0.6) is 5.75 Å². The number of amides is 2. The molecular formula is C28H27Cl2N5O3. The van der Waals surface area contributed by atoms with E-state index in [0.717, 1.165) is 28.1 Å². The summed E-state index contributed by atoms with van der Waals surface area (Å²) in [4.78, 5) is 27.7. The van der Waals surface area contributed by atoms with Crippen molar-refractivity contribution in [2.24, 2.45) is 7.05 Å². The molecule has 196 valence electrons. The van der Waals surface area contributed by atoms with E-state index in [9.17, 15) is 9.59 Å². The van der Waals surface area contributed by atoms with Gasteiger partial charge < -0.3 is 9.30 Å². The van der Waals surface area contributed by atoms with E-state index in [2.05, 4.69) is 19.2 Å². The zero-order valence-electron chi connectivity index (χ0n) is 21.6. The number of urea groups is 1. The first kappa shape index (κ1) is 25.9. The molecule has 2 amide bonds. The minimum Gasteiger partial charge on any atom is -0.494 e. The fourth-order valence-corrected chi connectivity index (χ4v) is 5.52. The van der Waals surface area contributed by atoms with Crippen molar-refractivity contribution < 1.29 is 9.53 Å². The Kier molecular flexibility index (Phi) is 6.71. The number of aryl methyl sites for hydroxylation is 2. The van der Waals surface area contributed by atoms with E-state index >= 15 is 0 Å². The van der Waals surface area contributed by atoms with E-state index < -0.39 is 12.1 Å². The molecule has 10 heteroatoms. The topological polar surface area (TPSA) is 81.4 Å². The van der Waals surface area contributed by atoms with Crippen LogP contribution in [0.1, 0.15) is 48.2 Å². The molecule has 0 saturated carbocycles. The number of carbonyl (C=O) groups is 1. The number of para-hydroxylation sites is 2. The average Bonchev–Trinajstić information content (AvgIpc) is 3.25. The van der Waals surface area contributed by atoms with Crippen LogP contribution in [-0.2, 0) is 7.05 Å². The molecule has 0 spiro atoms. The molecule has 5 rings (SSSR count). The molecule has 0 bridgehead atoms. The summed E-state index contributed by atoms with van der Waals surface area (Å²) < 4.78 is 8.85. The molecule has 2 aromatic heterocycles. The molecule has 0 saturated heterocycles. The van der Waals surface area contributed by atoms with Gasteiger partial charge in [-0.2, -0.15) is 0 Å². The summed E-state index contributed by atoms with van der Waals surface area (Å²) in [5, 5.41) is 8.46. The highest BCUT2D eigenvalue weighted by Crippen LogP contribution is 2.46. The van der Waals surface area contributed by atoms with Crippen molar-refractivity contribution in [1.82, 2.24) is 14.3 Å². The van der Waals surface area contributed by atoms with E-state index in [1.54, 1.807) is 25.3 Å². The standard InChI is InChI=1S/C28H27Cl2N5O3/c1-15(2)24-23-25(19-11-10-17(29)12-16(19)3)34(18-13-20(30)27(36)33(4)14-18)28(37)31-26(23)32-35(24)21-8-6-7-9-22(21)38-5/h6-15,25H,1-5H3,(H,31,32,37). The van der Waals surface area contributed by atoms with E-state index in [0.29, 0.717) is 22.3 Å². The smallest absolute Gasteiger partial charge is 0.328 e. The van der Waals surface area contributed by atoms with Gasteiger partial charge in [-0.3, -0.25) is 15.0 Å². The highest BCUT2D eigenvalue weighted by molar-refractivity contribution is 6.31. The Bertz CT molecular complexity index is 1600. The lowest BCUT2D eigenvalue weighted by atomic mass is 9.89. The van der Waals surface area contributed by atoms with E-state index in [1.807, 2.05) is 54.1 Å². The molecule has 4 aromatic rings. The number of methoxy groups -OCH3 is 1. The molecule has 2 aromatic carbocycles. The van der Waals surface area contributed by atoms with Gasteiger partial charge in [-0.15, -0.1) is 5.10 Å². The van der Waals surface area contributed by atoms with Crippen LogP contribution in [0, 0.1) is 6.92 Å². The van der Waals surface area contributed by atoms with Gasteiger partial charge in [0.15, 0.2) is 5.82 Å². The maximum Gasteiger partial charge on any atom is 0.328 e. The molecule has 38 heavy (non-hydrogen) atoms. The van der Waals surface area contributed by atoms with E-state index in [1.165, 1.54) is 10.6 Å². The number of benzene rings is 2. The number of hydrogen-bond acceptors (Lipinski definition) is 4. The maximum absolute atomic E-state index is 13.8. The number of pyridine rings is 1. The Morgan fingerprint density at radius 2 is 1.82 bits per heavy atom. The number of aromatic nitrogens is 3. The van der Waals surface area contributed by atoms with Crippen molar-refractivity contribution in [3.63, 3.8) is 0 Å². The number of anilines is 2. The lowest BCUT2D eigenvalue weighted by molar-refractivity contribution is 0.254. The fourth-order valence-electron chi connectivity index (χ4n) is 5.05. The van der Waals surface area contributed by atoms with Gasteiger partial charge in [0.2, 0.25) is 0 Å². The van der Waals surface area contributed by atoms with Gasteiger partial charge in [0.05, 0.1) is 24.5 Å². The third-order valence-electron chi connectivity index (χ3n) is 6.73. The Labute approximate surface area is 230 Å². The van der Waals surface area contributed by atoms with Crippen molar-refractivity contribution in [3.05, 3.63) is 97.5 Å². The van der Waals surface area contributed by atoms with E-state index in [4.69, 9.17) is 33.0 Å². The molecule has 0 radical (unpaired) electrons. The minimum atomic E-state index is -0.578. The van der Waals surface area contributed by atoms with Crippen molar-refractivity contribution in [3.8, 4) is 11.4 Å². The number of hydrogen-bond donors (Lipinski definition) is 1. The molecule has 3 heterocycles. The first-order chi connectivity index (χ1) is 18.1. The average molecular weight is 552 g/mol. The summed E-state index contributed by atoms with van der Waals surface area (Å²) in [5.74, 6) is 1.13. The van der Waals surface area contributed by atoms with Crippen LogP contribution in [0.3, 0.4) is 0 Å². The summed E-state index contributed by atoms with van der Waals surface area (Å²) in [6, 6.07) is 13.8. The molecule has 0 fully saturated rings. The van der Waals surface area contributed by atoms with Gasteiger partial charge in [0, 0.05) is 23.8 Å². The van der Waals surface area contributed by atoms with Crippen LogP contribution in [0.4, 0.5) is 16.3 Å². The van der Waals surface area contributed by atoms with E-state index in [-0.39, 0.29) is 16.5 Å². The van der Waals surface area contributed by atoms with Crippen LogP contribution >= 0.6 is 23.2 Å². The molecule has 0 aliphatic carbocycles. The van der Waals surface area contributed by atoms with Crippen LogP contribution < -0.4 is 20.5 Å². The number of carbonyl (C=O) groups excluding carboxylic acids is 1. The summed E-state index contributed by atoms with van der Waals surface area (Å²) >= 11 is 12.6. The highest BCUT2D eigenvalue weighted by Gasteiger charge is 2.41. The Morgan fingerprint density at radius 3 is 2.47 bits per heavy atom. The van der Waals surface area contributed by atoms with Crippen molar-refractivity contribution >= 4 is 40.7 Å². The van der Waals surface area contributed by atoms with Crippen molar-refractivity contribution in [2.75, 3.05) is 17.3 Å². The van der Waals surface area contributed by atoms with Gasteiger partial charge in [0.25, 0.3) is 5.56 Å². The minimum absolute atomic E-state index is 0.0176. The number of rotatable bonds is 5. The molecule has 1 unspecified atom stereocenters. The molecule has 1 N–H and O–H groups in total.